The number of fused-ring (bicyclic) bond motifs is 2. The zero-order valence-electron chi connectivity index (χ0n) is 23.8. The number of hydrogen-bond donors (Lipinski definition) is 8. The van der Waals surface area contributed by atoms with Crippen LogP contribution >= 0.6 is 28.0 Å². The van der Waals surface area contributed by atoms with Crippen molar-refractivity contribution in [3.05, 3.63) is 33.4 Å². The zero-order chi connectivity index (χ0) is 33.6. The van der Waals surface area contributed by atoms with Crippen molar-refractivity contribution < 1.29 is 42.7 Å². The molecule has 9 N–H and O–H groups in total. The van der Waals surface area contributed by atoms with Crippen LogP contribution in [0.2, 0.25) is 0 Å². The minimum absolute atomic E-state index is 0.0110. The average Bonchev–Trinajstić information content (AvgIpc) is 3.77. The molecule has 254 valence electrons. The first-order valence-corrected chi connectivity index (χ1v) is 17.7. The molecular weight excluding hydrogens is 706 g/mol. The molecule has 0 aliphatic carbocycles. The number of aliphatic hydroxyl groups is 2. The van der Waals surface area contributed by atoms with Crippen LogP contribution < -0.4 is 22.6 Å². The number of H-pyrrole nitrogens is 2. The summed E-state index contributed by atoms with van der Waals surface area (Å²) in [6.45, 7) is -5.05. The van der Waals surface area contributed by atoms with Crippen molar-refractivity contribution >= 4 is 74.1 Å². The molecule has 21 nitrogen and oxygen atoms in total. The van der Waals surface area contributed by atoms with Crippen LogP contribution in [0.25, 0.3) is 22.3 Å². The van der Waals surface area contributed by atoms with E-state index < -0.39 is 82.0 Å². The van der Waals surface area contributed by atoms with Gasteiger partial charge in [-0.2, -0.15) is 22.6 Å². The highest BCUT2D eigenvalue weighted by molar-refractivity contribution is 8.07. The van der Waals surface area contributed by atoms with Crippen molar-refractivity contribution in [1.82, 2.24) is 39.0 Å². The van der Waals surface area contributed by atoms with Gasteiger partial charge in [-0.15, -0.1) is 0 Å². The highest BCUT2D eigenvalue weighted by atomic mass is 32.5. The van der Waals surface area contributed by atoms with Gasteiger partial charge in [-0.25, -0.2) is 14.5 Å². The number of hydrogen-bond acceptors (Lipinski definition) is 18. The van der Waals surface area contributed by atoms with Gasteiger partial charge < -0.3 is 40.6 Å². The number of nitrogens with zero attached hydrogens (tertiary/aromatic N) is 6. The summed E-state index contributed by atoms with van der Waals surface area (Å²) in [4.78, 5) is 56.6. The topological polar surface area (TPSA) is 303 Å². The molecule has 4 aromatic rings. The monoisotopic (exact) mass is 734 g/mol. The molecule has 4 aromatic heterocycles. The lowest BCUT2D eigenvalue weighted by atomic mass is 9.97. The van der Waals surface area contributed by atoms with Gasteiger partial charge >= 0.3 is 15.4 Å². The summed E-state index contributed by atoms with van der Waals surface area (Å²) in [7, 11) is -0.695. The molecule has 2 fully saturated rings. The third-order valence-electron chi connectivity index (χ3n) is 7.67. The van der Waals surface area contributed by atoms with Crippen LogP contribution in [0.1, 0.15) is 18.9 Å². The Kier molecular flexibility index (Phi) is 9.78. The van der Waals surface area contributed by atoms with Gasteiger partial charge in [0.05, 0.1) is 32.0 Å². The number of anilines is 2. The summed E-state index contributed by atoms with van der Waals surface area (Å²) >= 11 is 9.52. The average molecular weight is 735 g/mol. The molecule has 47 heavy (non-hydrogen) atoms. The molecule has 2 saturated heterocycles. The van der Waals surface area contributed by atoms with E-state index in [0.717, 1.165) is 0 Å². The molecule has 1 unspecified atom stereocenters. The lowest BCUT2D eigenvalue weighted by Crippen LogP contribution is -2.36. The molecule has 2 aliphatic heterocycles. The van der Waals surface area contributed by atoms with Gasteiger partial charge in [-0.05, 0) is 24.0 Å². The van der Waals surface area contributed by atoms with E-state index in [1.165, 1.54) is 21.8 Å². The first-order valence-electron chi connectivity index (χ1n) is 13.7. The maximum absolute atomic E-state index is 12.3. The minimum atomic E-state index is -4.22. The van der Waals surface area contributed by atoms with E-state index in [1.807, 2.05) is 0 Å². The van der Waals surface area contributed by atoms with Crippen LogP contribution in [-0.2, 0) is 39.4 Å². The van der Waals surface area contributed by atoms with Crippen LogP contribution in [0.5, 0.6) is 0 Å². The fraction of sp³-hybridized carbons (Fsp3) is 0.545. The summed E-state index contributed by atoms with van der Waals surface area (Å²) in [5.41, 5.74) is 10.3. The Labute approximate surface area is 274 Å². The van der Waals surface area contributed by atoms with E-state index in [-0.39, 0.29) is 40.8 Å². The Hall–Kier alpha value is -2.92. The van der Waals surface area contributed by atoms with E-state index in [1.54, 1.807) is 0 Å². The normalized spacial score (nSPS) is 29.3. The number of nitrogen functional groups attached to an aromatic ring is 2. The Morgan fingerprint density at radius 2 is 1.55 bits per heavy atom. The summed E-state index contributed by atoms with van der Waals surface area (Å²) in [5, 5.41) is 22.4. The van der Waals surface area contributed by atoms with Crippen molar-refractivity contribution in [2.24, 2.45) is 5.92 Å². The minimum Gasteiger partial charge on any atom is -0.390 e. The highest BCUT2D eigenvalue weighted by Gasteiger charge is 2.50. The van der Waals surface area contributed by atoms with E-state index >= 15 is 0 Å². The maximum atomic E-state index is 12.3. The predicted molar refractivity (Wildman–Crippen MR) is 168 cm³/mol. The summed E-state index contributed by atoms with van der Waals surface area (Å²) < 4.78 is 41.9. The zero-order valence-corrected chi connectivity index (χ0v) is 27.3. The third kappa shape index (κ3) is 6.58. The third-order valence-corrected chi connectivity index (χ3v) is 9.74. The van der Waals surface area contributed by atoms with Gasteiger partial charge in [0.25, 0.3) is 11.1 Å². The molecule has 9 atom stereocenters. The summed E-state index contributed by atoms with van der Waals surface area (Å²) in [6, 6.07) is 0. The van der Waals surface area contributed by atoms with E-state index in [2.05, 4.69) is 42.5 Å². The Bertz CT molecular complexity index is 1960. The quantitative estimate of drug-likeness (QED) is 0.0620. The van der Waals surface area contributed by atoms with Gasteiger partial charge in [0.15, 0.2) is 28.6 Å². The van der Waals surface area contributed by atoms with Gasteiger partial charge in [0, 0.05) is 5.92 Å². The van der Waals surface area contributed by atoms with E-state index in [4.69, 9.17) is 46.3 Å². The van der Waals surface area contributed by atoms with Crippen molar-refractivity contribution in [2.45, 2.75) is 49.4 Å². The van der Waals surface area contributed by atoms with E-state index in [0.29, 0.717) is 12.2 Å². The van der Waals surface area contributed by atoms with Crippen LogP contribution in [0.15, 0.2) is 22.2 Å². The van der Waals surface area contributed by atoms with Gasteiger partial charge in [-0.3, -0.25) is 37.7 Å². The van der Waals surface area contributed by atoms with Crippen molar-refractivity contribution in [2.75, 3.05) is 30.4 Å². The maximum Gasteiger partial charge on any atom is 0.327 e. The van der Waals surface area contributed by atoms with Crippen LogP contribution in [0.3, 0.4) is 0 Å². The molecular formula is C22H28N10O11P2S2. The number of thiol groups is 1. The molecule has 25 heteroatoms. The van der Waals surface area contributed by atoms with Crippen LogP contribution in [0, 0.1) is 5.92 Å². The van der Waals surface area contributed by atoms with Gasteiger partial charge in [0.1, 0.15) is 30.6 Å². The lowest BCUT2D eigenvalue weighted by Gasteiger charge is -2.26. The smallest absolute Gasteiger partial charge is 0.327 e. The fourth-order valence-corrected chi connectivity index (χ4v) is 7.56. The number of nitrogens with one attached hydrogen (secondary N) is 2. The van der Waals surface area contributed by atoms with Crippen molar-refractivity contribution in [1.29, 1.82) is 0 Å². The number of imidazole rings is 2. The SMILES string of the molecule is Nc1nc2c(ncn2[C@@H]2O[C@H](COP=O)[C@@H](OP(O)(=S)OC[C@H]3O[C@@H](n4cnc5c(=O)[nH]c(N)nc54)[C@H](CCS)[C@@H]3O)[C@H]2O)c(=O)[nH]1. The van der Waals surface area contributed by atoms with Crippen LogP contribution in [0.4, 0.5) is 11.9 Å². The highest BCUT2D eigenvalue weighted by Crippen LogP contribution is 2.50. The number of aromatic amines is 2. The van der Waals surface area contributed by atoms with Gasteiger partial charge in [0.2, 0.25) is 11.9 Å². The molecule has 6 rings (SSSR count). The molecule has 0 radical (unpaired) electrons. The molecule has 0 bridgehead atoms. The number of aliphatic hydroxyl groups excluding tert-OH is 2. The predicted octanol–water partition coefficient (Wildman–Crippen LogP) is -1.29. The number of nitrogens with two attached hydrogens (primary N) is 2. The molecule has 0 amide bonds. The molecule has 0 saturated carbocycles. The van der Waals surface area contributed by atoms with Crippen LogP contribution in [-0.4, -0.2) is 104 Å². The largest absolute Gasteiger partial charge is 0.390 e. The van der Waals surface area contributed by atoms with E-state index in [9.17, 15) is 29.3 Å². The standard InChI is InChI=1S/C22H28N10O11P2S2/c23-21-27-15-10(17(35)29-21)25-5-31(15)19-7(1-2-46)12(33)8(41-19)4-40-45(38,47)43-14-9(3-39-44-37)42-20(13(14)34)32-6-26-11-16(32)28-22(24)30-18(11)36/h5-9,12-14,19-20,33-34,46H,1-4H2,(H,38,47)(H3,23,27,29,35)(H3,24,28,30,36)/t7-,8-,9-,12+,13-,14-,19-,20-,45?/m1/s1. The number of rotatable bonds is 12. The molecule has 2 aliphatic rings. The number of aromatic nitrogens is 8. The van der Waals surface area contributed by atoms with Crippen molar-refractivity contribution in [3.8, 4) is 0 Å². The molecule has 0 spiro atoms. The first kappa shape index (κ1) is 34.0. The van der Waals surface area contributed by atoms with Gasteiger partial charge in [-0.1, -0.05) is 0 Å². The second kappa shape index (κ2) is 13.5. The second-order valence-corrected chi connectivity index (χ2v) is 14.2. The van der Waals surface area contributed by atoms with Crippen molar-refractivity contribution in [3.63, 3.8) is 0 Å². The Balaban J connectivity index is 1.19. The second-order valence-electron chi connectivity index (χ2n) is 10.5. The molecule has 6 heterocycles. The Morgan fingerprint density at radius 3 is 2.13 bits per heavy atom. The first-order chi connectivity index (χ1) is 22.4. The molecule has 0 aromatic carbocycles. The fourth-order valence-electron chi connectivity index (χ4n) is 5.61. The summed E-state index contributed by atoms with van der Waals surface area (Å²) in [5.74, 6) is -0.550. The number of ether oxygens (including phenoxy) is 2. The lowest BCUT2D eigenvalue weighted by molar-refractivity contribution is -0.0495. The Morgan fingerprint density at radius 1 is 0.979 bits per heavy atom. The summed E-state index contributed by atoms with van der Waals surface area (Å²) in [6.07, 6.45) is -5.59.